The summed E-state index contributed by atoms with van der Waals surface area (Å²) in [6.07, 6.45) is -0.121. The largest absolute Gasteiger partial charge is 0.486 e. The molecule has 0 aliphatic carbocycles. The highest BCUT2D eigenvalue weighted by Gasteiger charge is 2.33. The summed E-state index contributed by atoms with van der Waals surface area (Å²) in [5.41, 5.74) is 1.91. The van der Waals surface area contributed by atoms with Gasteiger partial charge in [0.25, 0.3) is 11.5 Å². The van der Waals surface area contributed by atoms with Crippen LogP contribution in [0.1, 0.15) is 23.0 Å². The summed E-state index contributed by atoms with van der Waals surface area (Å²) in [4.78, 5) is 36.9. The van der Waals surface area contributed by atoms with Crippen LogP contribution in [-0.4, -0.2) is 40.5 Å². The average molecular weight is 355 g/mol. The number of pyridine rings is 1. The highest BCUT2D eigenvalue weighted by Crippen LogP contribution is 2.20. The molecule has 1 N–H and O–H groups in total. The topological polar surface area (TPSA) is 80.6 Å². The smallest absolute Gasteiger partial charge is 0.254 e. The van der Waals surface area contributed by atoms with Crippen molar-refractivity contribution in [1.82, 2.24) is 9.47 Å². The summed E-state index contributed by atoms with van der Waals surface area (Å²) in [6.45, 7) is 4.22. The first-order valence-electron chi connectivity index (χ1n) is 8.35. The Bertz CT molecular complexity index is 896. The van der Waals surface area contributed by atoms with E-state index in [1.165, 1.54) is 13.0 Å². The number of nitrogens with one attached hydrogen (secondary N) is 1. The van der Waals surface area contributed by atoms with E-state index in [0.29, 0.717) is 30.1 Å². The van der Waals surface area contributed by atoms with Crippen LogP contribution in [0.25, 0.3) is 0 Å². The Kier molecular flexibility index (Phi) is 4.79. The zero-order valence-electron chi connectivity index (χ0n) is 15.0. The fourth-order valence-electron chi connectivity index (χ4n) is 2.76. The molecule has 1 aliphatic heterocycles. The van der Waals surface area contributed by atoms with Crippen molar-refractivity contribution in [2.75, 3.05) is 18.4 Å². The number of amides is 2. The van der Waals surface area contributed by atoms with Gasteiger partial charge in [0.1, 0.15) is 11.9 Å². The lowest BCUT2D eigenvalue weighted by atomic mass is 10.1. The first-order chi connectivity index (χ1) is 12.3. The van der Waals surface area contributed by atoms with Gasteiger partial charge < -0.3 is 19.5 Å². The second-order valence-corrected chi connectivity index (χ2v) is 6.44. The Morgan fingerprint density at radius 2 is 1.81 bits per heavy atom. The zero-order chi connectivity index (χ0) is 18.8. The number of carbonyl (C=O) groups excluding carboxylic acids is 2. The summed E-state index contributed by atoms with van der Waals surface area (Å²) in [5, 5.41) is 2.66. The molecule has 1 fully saturated rings. The second kappa shape index (κ2) is 7.03. The average Bonchev–Trinajstić information content (AvgIpc) is 2.55. The minimum Gasteiger partial charge on any atom is -0.486 e. The van der Waals surface area contributed by atoms with Crippen LogP contribution in [-0.2, 0) is 11.8 Å². The van der Waals surface area contributed by atoms with Crippen molar-refractivity contribution in [3.63, 3.8) is 0 Å². The minimum atomic E-state index is -0.155. The fraction of sp³-hybridized carbons (Fsp3) is 0.316. The van der Waals surface area contributed by atoms with Gasteiger partial charge in [-0.2, -0.15) is 0 Å². The number of likely N-dealkylation sites (tertiary alicyclic amines) is 1. The lowest BCUT2D eigenvalue weighted by Crippen LogP contribution is -2.56. The number of nitrogens with zero attached hydrogens (tertiary/aromatic N) is 2. The molecule has 0 atom stereocenters. The number of anilines is 1. The summed E-state index contributed by atoms with van der Waals surface area (Å²) >= 11 is 0. The molecule has 136 valence electrons. The molecule has 1 saturated heterocycles. The molecule has 2 aromatic rings. The van der Waals surface area contributed by atoms with Crippen LogP contribution >= 0.6 is 0 Å². The lowest BCUT2D eigenvalue weighted by molar-refractivity contribution is -0.114. The highest BCUT2D eigenvalue weighted by atomic mass is 16.5. The SMILES string of the molecule is CC(=O)Nc1ccc(C(=O)N2CC(Oc3cc(C)n(C)c(=O)c3)C2)cc1. The standard InChI is InChI=1S/C19H21N3O4/c1-12-8-16(9-18(24)21(12)3)26-17-10-22(11-17)19(25)14-4-6-15(7-5-14)20-13(2)23/h4-9,17H,10-11H2,1-3H3,(H,20,23). The van der Waals surface area contributed by atoms with E-state index in [0.717, 1.165) is 5.69 Å². The van der Waals surface area contributed by atoms with Crippen LogP contribution in [0.4, 0.5) is 5.69 Å². The molecule has 2 heterocycles. The van der Waals surface area contributed by atoms with Gasteiger partial charge in [-0.15, -0.1) is 0 Å². The number of aryl methyl sites for hydroxylation is 1. The summed E-state index contributed by atoms with van der Waals surface area (Å²) in [5.74, 6) is 0.291. The van der Waals surface area contributed by atoms with E-state index < -0.39 is 0 Å². The molecule has 0 bridgehead atoms. The molecule has 1 aromatic heterocycles. The molecule has 7 heteroatoms. The van der Waals surface area contributed by atoms with Crippen LogP contribution in [0.15, 0.2) is 41.2 Å². The van der Waals surface area contributed by atoms with E-state index in [4.69, 9.17) is 4.74 Å². The molecule has 26 heavy (non-hydrogen) atoms. The number of benzene rings is 1. The van der Waals surface area contributed by atoms with Gasteiger partial charge in [-0.1, -0.05) is 0 Å². The molecular formula is C19H21N3O4. The Labute approximate surface area is 151 Å². The number of aromatic nitrogens is 1. The molecule has 1 aliphatic rings. The van der Waals surface area contributed by atoms with E-state index >= 15 is 0 Å². The van der Waals surface area contributed by atoms with Crippen molar-refractivity contribution in [2.45, 2.75) is 20.0 Å². The Morgan fingerprint density at radius 3 is 2.38 bits per heavy atom. The van der Waals surface area contributed by atoms with E-state index in [2.05, 4.69) is 5.32 Å². The molecule has 7 nitrogen and oxygen atoms in total. The molecule has 3 rings (SSSR count). The number of carbonyl (C=O) groups is 2. The van der Waals surface area contributed by atoms with Gasteiger partial charge >= 0.3 is 0 Å². The Hall–Kier alpha value is -3.09. The molecule has 2 amide bonds. The van der Waals surface area contributed by atoms with Gasteiger partial charge in [-0.25, -0.2) is 0 Å². The van der Waals surface area contributed by atoms with E-state index in [9.17, 15) is 14.4 Å². The summed E-state index contributed by atoms with van der Waals surface area (Å²) in [7, 11) is 1.71. The molecule has 0 radical (unpaired) electrons. The van der Waals surface area contributed by atoms with E-state index in [1.54, 1.807) is 40.8 Å². The predicted molar refractivity (Wildman–Crippen MR) is 97.5 cm³/mol. The molecule has 0 spiro atoms. The van der Waals surface area contributed by atoms with Crippen LogP contribution in [0.2, 0.25) is 0 Å². The van der Waals surface area contributed by atoms with Gasteiger partial charge in [0.05, 0.1) is 13.1 Å². The van der Waals surface area contributed by atoms with Crippen molar-refractivity contribution in [2.24, 2.45) is 7.05 Å². The predicted octanol–water partition coefficient (Wildman–Crippen LogP) is 1.56. The Morgan fingerprint density at radius 1 is 1.15 bits per heavy atom. The van der Waals surface area contributed by atoms with Gasteiger partial charge in [-0.05, 0) is 37.3 Å². The van der Waals surface area contributed by atoms with E-state index in [1.807, 2.05) is 13.0 Å². The Balaban J connectivity index is 1.57. The number of ether oxygens (including phenoxy) is 1. The molecule has 1 aromatic carbocycles. The van der Waals surface area contributed by atoms with E-state index in [-0.39, 0.29) is 23.5 Å². The van der Waals surface area contributed by atoms with Gasteiger partial charge in [0.15, 0.2) is 0 Å². The quantitative estimate of drug-likeness (QED) is 0.902. The maximum Gasteiger partial charge on any atom is 0.254 e. The minimum absolute atomic E-state index is 0.0839. The van der Waals surface area contributed by atoms with Gasteiger partial charge in [-0.3, -0.25) is 14.4 Å². The zero-order valence-corrected chi connectivity index (χ0v) is 15.0. The summed E-state index contributed by atoms with van der Waals surface area (Å²) < 4.78 is 7.34. The van der Waals surface area contributed by atoms with Crippen LogP contribution in [0.5, 0.6) is 5.75 Å². The third-order valence-electron chi connectivity index (χ3n) is 4.37. The van der Waals surface area contributed by atoms with Gasteiger partial charge in [0.2, 0.25) is 5.91 Å². The third-order valence-corrected chi connectivity index (χ3v) is 4.37. The number of hydrogen-bond acceptors (Lipinski definition) is 4. The highest BCUT2D eigenvalue weighted by molar-refractivity contribution is 5.96. The number of rotatable bonds is 4. The first kappa shape index (κ1) is 17.7. The maximum atomic E-state index is 12.4. The van der Waals surface area contributed by atoms with Crippen molar-refractivity contribution < 1.29 is 14.3 Å². The van der Waals surface area contributed by atoms with Crippen molar-refractivity contribution in [1.29, 1.82) is 0 Å². The van der Waals surface area contributed by atoms with Crippen LogP contribution in [0.3, 0.4) is 0 Å². The lowest BCUT2D eigenvalue weighted by Gasteiger charge is -2.39. The third kappa shape index (κ3) is 3.77. The molecule has 0 saturated carbocycles. The second-order valence-electron chi connectivity index (χ2n) is 6.44. The van der Waals surface area contributed by atoms with Crippen molar-refractivity contribution in [3.8, 4) is 5.75 Å². The fourth-order valence-corrected chi connectivity index (χ4v) is 2.76. The van der Waals surface area contributed by atoms with Crippen molar-refractivity contribution >= 4 is 17.5 Å². The van der Waals surface area contributed by atoms with Gasteiger partial charge in [0, 0.05) is 37.0 Å². The van der Waals surface area contributed by atoms with Crippen molar-refractivity contribution in [3.05, 3.63) is 58.0 Å². The van der Waals surface area contributed by atoms with Crippen LogP contribution < -0.4 is 15.6 Å². The monoisotopic (exact) mass is 355 g/mol. The molecule has 0 unspecified atom stereocenters. The maximum absolute atomic E-state index is 12.4. The number of hydrogen-bond donors (Lipinski definition) is 1. The first-order valence-corrected chi connectivity index (χ1v) is 8.35. The van der Waals surface area contributed by atoms with Crippen LogP contribution in [0, 0.1) is 6.92 Å². The summed E-state index contributed by atoms with van der Waals surface area (Å²) in [6, 6.07) is 10.0. The molecular weight excluding hydrogens is 334 g/mol. The normalized spacial score (nSPS) is 13.9.